The van der Waals surface area contributed by atoms with Crippen molar-refractivity contribution in [1.29, 1.82) is 0 Å². The number of hydrogen-bond acceptors (Lipinski definition) is 3. The Labute approximate surface area is 158 Å². The molecule has 0 bridgehead atoms. The third-order valence-corrected chi connectivity index (χ3v) is 5.36. The first-order valence-electron chi connectivity index (χ1n) is 8.20. The van der Waals surface area contributed by atoms with Gasteiger partial charge in [-0.2, -0.15) is 0 Å². The second-order valence-electron chi connectivity index (χ2n) is 5.90. The van der Waals surface area contributed by atoms with E-state index in [9.17, 15) is 9.18 Å². The van der Waals surface area contributed by atoms with Crippen LogP contribution in [0.3, 0.4) is 0 Å². The molecule has 25 heavy (non-hydrogen) atoms. The summed E-state index contributed by atoms with van der Waals surface area (Å²) in [5, 5.41) is 6.14. The topological polar surface area (TPSA) is 41.1 Å². The van der Waals surface area contributed by atoms with Gasteiger partial charge in [-0.15, -0.1) is 24.2 Å². The first-order chi connectivity index (χ1) is 11.7. The fourth-order valence-corrected chi connectivity index (χ4v) is 3.83. The van der Waals surface area contributed by atoms with Gasteiger partial charge in [0.2, 0.25) is 5.91 Å². The normalized spacial score (nSPS) is 15.9. The van der Waals surface area contributed by atoms with Crippen LogP contribution in [0.2, 0.25) is 0 Å². The lowest BCUT2D eigenvalue weighted by molar-refractivity contribution is -0.121. The number of amides is 1. The van der Waals surface area contributed by atoms with Crippen LogP contribution in [-0.4, -0.2) is 25.0 Å². The van der Waals surface area contributed by atoms with Crippen LogP contribution in [0, 0.1) is 5.82 Å². The zero-order valence-corrected chi connectivity index (χ0v) is 15.4. The van der Waals surface area contributed by atoms with Crippen molar-refractivity contribution in [3.05, 3.63) is 66.0 Å². The minimum Gasteiger partial charge on any atom is -0.352 e. The number of carbonyl (C=O) groups is 1. The van der Waals surface area contributed by atoms with E-state index in [1.165, 1.54) is 23.9 Å². The van der Waals surface area contributed by atoms with Gasteiger partial charge in [-0.25, -0.2) is 4.39 Å². The van der Waals surface area contributed by atoms with Gasteiger partial charge in [-0.1, -0.05) is 30.3 Å². The van der Waals surface area contributed by atoms with Crippen molar-refractivity contribution in [2.45, 2.75) is 29.0 Å². The Morgan fingerprint density at radius 2 is 1.72 bits per heavy atom. The molecule has 1 saturated heterocycles. The lowest BCUT2D eigenvalue weighted by atomic mass is 10.1. The molecule has 0 aliphatic carbocycles. The maximum atomic E-state index is 13.1. The van der Waals surface area contributed by atoms with Crippen LogP contribution in [0.25, 0.3) is 0 Å². The minimum absolute atomic E-state index is 0. The van der Waals surface area contributed by atoms with Crippen molar-refractivity contribution >= 4 is 30.1 Å². The van der Waals surface area contributed by atoms with Crippen LogP contribution >= 0.6 is 24.2 Å². The molecule has 1 amide bonds. The smallest absolute Gasteiger partial charge is 0.238 e. The summed E-state index contributed by atoms with van der Waals surface area (Å²) in [5.74, 6) is -0.253. The highest BCUT2D eigenvalue weighted by atomic mass is 35.5. The Hall–Kier alpha value is -1.56. The maximum absolute atomic E-state index is 13.1. The second-order valence-corrected chi connectivity index (χ2v) is 7.07. The Kier molecular flexibility index (Phi) is 7.75. The zero-order valence-electron chi connectivity index (χ0n) is 13.8. The summed E-state index contributed by atoms with van der Waals surface area (Å²) in [7, 11) is 0. The van der Waals surface area contributed by atoms with E-state index in [0.717, 1.165) is 36.4 Å². The van der Waals surface area contributed by atoms with Crippen LogP contribution < -0.4 is 10.6 Å². The molecule has 0 aromatic heterocycles. The molecule has 1 fully saturated rings. The first kappa shape index (κ1) is 19.8. The summed E-state index contributed by atoms with van der Waals surface area (Å²) < 4.78 is 13.1. The van der Waals surface area contributed by atoms with Gasteiger partial charge in [0.15, 0.2) is 0 Å². The average molecular weight is 381 g/mol. The van der Waals surface area contributed by atoms with Crippen molar-refractivity contribution in [2.75, 3.05) is 13.1 Å². The predicted molar refractivity (Wildman–Crippen MR) is 103 cm³/mol. The van der Waals surface area contributed by atoms with E-state index >= 15 is 0 Å². The number of benzene rings is 2. The number of rotatable bonds is 5. The zero-order chi connectivity index (χ0) is 16.8. The average Bonchev–Trinajstić information content (AvgIpc) is 2.63. The van der Waals surface area contributed by atoms with E-state index in [0.29, 0.717) is 0 Å². The van der Waals surface area contributed by atoms with Gasteiger partial charge >= 0.3 is 0 Å². The van der Waals surface area contributed by atoms with Crippen LogP contribution in [0.1, 0.15) is 23.7 Å². The third kappa shape index (κ3) is 5.73. The molecular formula is C19H22ClFN2OS. The highest BCUT2D eigenvalue weighted by Crippen LogP contribution is 2.35. The fourth-order valence-electron chi connectivity index (χ4n) is 2.79. The van der Waals surface area contributed by atoms with E-state index in [2.05, 4.69) is 10.6 Å². The molecule has 3 nitrogen and oxygen atoms in total. The van der Waals surface area contributed by atoms with Crippen LogP contribution in [0.15, 0.2) is 59.5 Å². The summed E-state index contributed by atoms with van der Waals surface area (Å²) in [6, 6.07) is 16.2. The first-order valence-corrected chi connectivity index (χ1v) is 9.08. The summed E-state index contributed by atoms with van der Waals surface area (Å²) in [4.78, 5) is 13.7. The van der Waals surface area contributed by atoms with Gasteiger partial charge < -0.3 is 10.6 Å². The highest BCUT2D eigenvalue weighted by Gasteiger charge is 2.25. The number of carbonyl (C=O) groups excluding carboxylic acids is 1. The number of thioether (sulfide) groups is 1. The maximum Gasteiger partial charge on any atom is 0.238 e. The summed E-state index contributed by atoms with van der Waals surface area (Å²) >= 11 is 1.45. The van der Waals surface area contributed by atoms with Crippen molar-refractivity contribution in [1.82, 2.24) is 10.6 Å². The minimum atomic E-state index is -0.341. The van der Waals surface area contributed by atoms with Crippen LogP contribution in [0.4, 0.5) is 4.39 Å². The summed E-state index contributed by atoms with van der Waals surface area (Å²) in [6.45, 7) is 1.87. The largest absolute Gasteiger partial charge is 0.352 e. The summed E-state index contributed by atoms with van der Waals surface area (Å²) in [5.41, 5.74) is 0.957. The molecular weight excluding hydrogens is 359 g/mol. The van der Waals surface area contributed by atoms with Gasteiger partial charge in [-0.3, -0.25) is 4.79 Å². The third-order valence-electron chi connectivity index (χ3n) is 4.09. The van der Waals surface area contributed by atoms with E-state index in [1.54, 1.807) is 12.1 Å². The lowest BCUT2D eigenvalue weighted by Gasteiger charge is -2.26. The van der Waals surface area contributed by atoms with E-state index < -0.39 is 0 Å². The molecule has 1 aliphatic heterocycles. The number of hydrogen-bond donors (Lipinski definition) is 2. The Balaban J connectivity index is 0.00000225. The van der Waals surface area contributed by atoms with E-state index in [1.807, 2.05) is 30.3 Å². The molecule has 134 valence electrons. The van der Waals surface area contributed by atoms with E-state index in [4.69, 9.17) is 0 Å². The number of nitrogens with one attached hydrogen (secondary N) is 2. The molecule has 1 aliphatic rings. The molecule has 0 radical (unpaired) electrons. The van der Waals surface area contributed by atoms with Crippen LogP contribution in [0.5, 0.6) is 0 Å². The van der Waals surface area contributed by atoms with E-state index in [-0.39, 0.29) is 35.4 Å². The van der Waals surface area contributed by atoms with Crippen molar-refractivity contribution in [2.24, 2.45) is 0 Å². The fraction of sp³-hybridized carbons (Fsp3) is 0.316. The predicted octanol–water partition coefficient (Wildman–Crippen LogP) is 3.95. The molecule has 0 saturated carbocycles. The van der Waals surface area contributed by atoms with Gasteiger partial charge in [0, 0.05) is 10.9 Å². The van der Waals surface area contributed by atoms with Gasteiger partial charge in [0.1, 0.15) is 11.1 Å². The molecule has 1 heterocycles. The molecule has 2 aromatic carbocycles. The molecule has 0 spiro atoms. The Morgan fingerprint density at radius 1 is 1.08 bits per heavy atom. The van der Waals surface area contributed by atoms with Crippen molar-refractivity contribution in [3.63, 3.8) is 0 Å². The SMILES string of the molecule is Cl.O=C(NC1CCNCC1)C(Sc1ccc(F)cc1)c1ccccc1. The van der Waals surface area contributed by atoms with Crippen molar-refractivity contribution in [3.8, 4) is 0 Å². The molecule has 2 aromatic rings. The Bertz CT molecular complexity index is 663. The number of piperidine rings is 1. The highest BCUT2D eigenvalue weighted by molar-refractivity contribution is 8.00. The standard InChI is InChI=1S/C19H21FN2OS.ClH/c20-15-6-8-17(9-7-15)24-18(14-4-2-1-3-5-14)19(23)22-16-10-12-21-13-11-16;/h1-9,16,18,21H,10-13H2,(H,22,23);1H. The van der Waals surface area contributed by atoms with Crippen molar-refractivity contribution < 1.29 is 9.18 Å². The monoisotopic (exact) mass is 380 g/mol. The molecule has 1 unspecified atom stereocenters. The summed E-state index contributed by atoms with van der Waals surface area (Å²) in [6.07, 6.45) is 1.91. The number of halogens is 2. The van der Waals surface area contributed by atoms with Gasteiger partial charge in [0.05, 0.1) is 0 Å². The van der Waals surface area contributed by atoms with Gasteiger partial charge in [-0.05, 0) is 55.8 Å². The molecule has 1 atom stereocenters. The molecule has 3 rings (SSSR count). The lowest BCUT2D eigenvalue weighted by Crippen LogP contribution is -2.44. The van der Waals surface area contributed by atoms with Crippen LogP contribution in [-0.2, 0) is 4.79 Å². The molecule has 6 heteroatoms. The second kappa shape index (κ2) is 9.80. The van der Waals surface area contributed by atoms with Gasteiger partial charge in [0.25, 0.3) is 0 Å². The Morgan fingerprint density at radius 3 is 2.36 bits per heavy atom. The molecule has 2 N–H and O–H groups in total. The quantitative estimate of drug-likeness (QED) is 0.772.